The van der Waals surface area contributed by atoms with Gasteiger partial charge in [0.15, 0.2) is 0 Å². The third kappa shape index (κ3) is 4.04. The van der Waals surface area contributed by atoms with Crippen molar-refractivity contribution in [2.24, 2.45) is 0 Å². The molecule has 0 radical (unpaired) electrons. The Balaban J connectivity index is 2.03. The van der Waals surface area contributed by atoms with E-state index in [1.807, 2.05) is 18.2 Å². The summed E-state index contributed by atoms with van der Waals surface area (Å²) in [7, 11) is 0. The maximum absolute atomic E-state index is 5.97. The molecule has 1 aromatic carbocycles. The van der Waals surface area contributed by atoms with Crippen LogP contribution in [0.1, 0.15) is 26.2 Å². The van der Waals surface area contributed by atoms with E-state index >= 15 is 0 Å². The minimum absolute atomic E-state index is 0.444. The fourth-order valence-electron chi connectivity index (χ4n) is 1.90. The second-order valence-corrected chi connectivity index (χ2v) is 5.90. The van der Waals surface area contributed by atoms with Crippen LogP contribution in [-0.2, 0) is 6.42 Å². The molecular weight excluding hydrogens is 342 g/mol. The topological polar surface area (TPSA) is 51.0 Å². The molecule has 0 saturated carbocycles. The summed E-state index contributed by atoms with van der Waals surface area (Å²) in [5.74, 6) is 1.25. The highest BCUT2D eigenvalue weighted by molar-refractivity contribution is 9.10. The summed E-state index contributed by atoms with van der Waals surface area (Å²) in [5, 5.41) is 8.03. The Morgan fingerprint density at radius 2 is 2.25 bits per heavy atom. The van der Waals surface area contributed by atoms with Gasteiger partial charge in [0.25, 0.3) is 0 Å². The van der Waals surface area contributed by atoms with Crippen LogP contribution >= 0.6 is 27.5 Å². The van der Waals surface area contributed by atoms with Gasteiger partial charge < -0.3 is 9.84 Å². The monoisotopic (exact) mass is 357 g/mol. The summed E-state index contributed by atoms with van der Waals surface area (Å²) in [5.41, 5.74) is 0.885. The molecule has 0 aliphatic rings. The van der Waals surface area contributed by atoms with E-state index in [2.05, 4.69) is 45.2 Å². The molecule has 2 aromatic rings. The van der Waals surface area contributed by atoms with Crippen LogP contribution in [0.25, 0.3) is 11.4 Å². The lowest BCUT2D eigenvalue weighted by Gasteiger charge is -2.09. The van der Waals surface area contributed by atoms with Crippen molar-refractivity contribution >= 4 is 27.5 Å². The SMILES string of the molecule is CCNC(C)CCc1nc(-c2ccc(Cl)c(Br)c2)no1. The molecule has 1 atom stereocenters. The molecule has 1 N–H and O–H groups in total. The number of halogens is 2. The van der Waals surface area contributed by atoms with Crippen LogP contribution in [0.15, 0.2) is 27.2 Å². The summed E-state index contributed by atoms with van der Waals surface area (Å²) in [6.45, 7) is 5.21. The molecule has 0 aliphatic carbocycles. The van der Waals surface area contributed by atoms with Gasteiger partial charge in [0.2, 0.25) is 11.7 Å². The average molecular weight is 359 g/mol. The van der Waals surface area contributed by atoms with Crippen LogP contribution in [-0.4, -0.2) is 22.7 Å². The molecule has 1 heterocycles. The molecule has 0 bridgehead atoms. The van der Waals surface area contributed by atoms with Crippen molar-refractivity contribution in [1.82, 2.24) is 15.5 Å². The van der Waals surface area contributed by atoms with Gasteiger partial charge >= 0.3 is 0 Å². The Hall–Kier alpha value is -0.910. The van der Waals surface area contributed by atoms with Crippen molar-refractivity contribution in [2.45, 2.75) is 32.7 Å². The molecule has 6 heteroatoms. The fourth-order valence-corrected chi connectivity index (χ4v) is 2.40. The van der Waals surface area contributed by atoms with Gasteiger partial charge in [-0.3, -0.25) is 0 Å². The Bertz CT molecular complexity index is 573. The van der Waals surface area contributed by atoms with Gasteiger partial charge in [-0.2, -0.15) is 4.98 Å². The molecule has 0 saturated heterocycles. The number of nitrogens with zero attached hydrogens (tertiary/aromatic N) is 2. The molecule has 1 unspecified atom stereocenters. The van der Waals surface area contributed by atoms with Crippen LogP contribution < -0.4 is 5.32 Å². The maximum atomic E-state index is 5.97. The Labute approximate surface area is 132 Å². The number of hydrogen-bond donors (Lipinski definition) is 1. The first-order valence-corrected chi connectivity index (χ1v) is 7.78. The van der Waals surface area contributed by atoms with E-state index in [1.165, 1.54) is 0 Å². The Kier molecular flexibility index (Phi) is 5.57. The molecule has 4 nitrogen and oxygen atoms in total. The van der Waals surface area contributed by atoms with E-state index < -0.39 is 0 Å². The van der Waals surface area contributed by atoms with Crippen molar-refractivity contribution < 1.29 is 4.52 Å². The minimum atomic E-state index is 0.444. The van der Waals surface area contributed by atoms with E-state index in [4.69, 9.17) is 16.1 Å². The second-order valence-electron chi connectivity index (χ2n) is 4.64. The van der Waals surface area contributed by atoms with Crippen molar-refractivity contribution in [1.29, 1.82) is 0 Å². The smallest absolute Gasteiger partial charge is 0.227 e. The minimum Gasteiger partial charge on any atom is -0.339 e. The van der Waals surface area contributed by atoms with Gasteiger partial charge in [-0.1, -0.05) is 23.7 Å². The van der Waals surface area contributed by atoms with Gasteiger partial charge in [-0.15, -0.1) is 0 Å². The van der Waals surface area contributed by atoms with Crippen molar-refractivity contribution in [3.05, 3.63) is 33.6 Å². The molecular formula is C14H17BrClN3O. The molecule has 1 aromatic heterocycles. The van der Waals surface area contributed by atoms with Crippen LogP contribution in [0.5, 0.6) is 0 Å². The van der Waals surface area contributed by atoms with E-state index in [-0.39, 0.29) is 0 Å². The standard InChI is InChI=1S/C14H17BrClN3O/c1-3-17-9(2)4-7-13-18-14(19-20-13)10-5-6-12(16)11(15)8-10/h5-6,8-9,17H,3-4,7H2,1-2H3. The summed E-state index contributed by atoms with van der Waals surface area (Å²) >= 11 is 9.36. The first-order chi connectivity index (χ1) is 9.60. The van der Waals surface area contributed by atoms with Gasteiger partial charge in [-0.25, -0.2) is 0 Å². The summed E-state index contributed by atoms with van der Waals surface area (Å²) in [6.07, 6.45) is 1.75. The number of benzene rings is 1. The molecule has 20 heavy (non-hydrogen) atoms. The third-order valence-corrected chi connectivity index (χ3v) is 4.20. The highest BCUT2D eigenvalue weighted by Gasteiger charge is 2.11. The van der Waals surface area contributed by atoms with Crippen molar-refractivity contribution in [3.8, 4) is 11.4 Å². The van der Waals surface area contributed by atoms with Gasteiger partial charge in [-0.05, 0) is 54.0 Å². The van der Waals surface area contributed by atoms with Gasteiger partial charge in [0, 0.05) is 22.5 Å². The first kappa shape index (κ1) is 15.5. The quantitative estimate of drug-likeness (QED) is 0.845. The number of nitrogens with one attached hydrogen (secondary N) is 1. The molecule has 2 rings (SSSR count). The van der Waals surface area contributed by atoms with Crippen molar-refractivity contribution in [3.63, 3.8) is 0 Å². The predicted molar refractivity (Wildman–Crippen MR) is 83.9 cm³/mol. The van der Waals surface area contributed by atoms with Gasteiger partial charge in [0.05, 0.1) is 5.02 Å². The largest absolute Gasteiger partial charge is 0.339 e. The molecule has 0 aliphatic heterocycles. The zero-order chi connectivity index (χ0) is 14.5. The lowest BCUT2D eigenvalue weighted by molar-refractivity contribution is 0.368. The van der Waals surface area contributed by atoms with E-state index in [0.717, 1.165) is 29.4 Å². The average Bonchev–Trinajstić information content (AvgIpc) is 2.89. The number of rotatable bonds is 6. The number of aryl methyl sites for hydroxylation is 1. The van der Waals surface area contributed by atoms with Crippen molar-refractivity contribution in [2.75, 3.05) is 6.54 Å². The lowest BCUT2D eigenvalue weighted by atomic mass is 10.2. The van der Waals surface area contributed by atoms with Crippen LogP contribution in [0, 0.1) is 0 Å². The zero-order valence-electron chi connectivity index (χ0n) is 11.5. The summed E-state index contributed by atoms with van der Waals surface area (Å²) in [6, 6.07) is 6.02. The van der Waals surface area contributed by atoms with Crippen LogP contribution in [0.4, 0.5) is 0 Å². The molecule has 0 amide bonds. The highest BCUT2D eigenvalue weighted by atomic mass is 79.9. The van der Waals surface area contributed by atoms with E-state index in [0.29, 0.717) is 22.8 Å². The first-order valence-electron chi connectivity index (χ1n) is 6.61. The predicted octanol–water partition coefficient (Wildman–Crippen LogP) is 4.08. The molecule has 0 fully saturated rings. The fraction of sp³-hybridized carbons (Fsp3) is 0.429. The summed E-state index contributed by atoms with van der Waals surface area (Å²) in [4.78, 5) is 4.41. The normalized spacial score (nSPS) is 12.6. The molecule has 108 valence electrons. The third-order valence-electron chi connectivity index (χ3n) is 2.99. The van der Waals surface area contributed by atoms with E-state index in [1.54, 1.807) is 0 Å². The van der Waals surface area contributed by atoms with Crippen LogP contribution in [0.2, 0.25) is 5.02 Å². The van der Waals surface area contributed by atoms with E-state index in [9.17, 15) is 0 Å². The molecule has 0 spiro atoms. The maximum Gasteiger partial charge on any atom is 0.227 e. The second kappa shape index (κ2) is 7.20. The Morgan fingerprint density at radius 1 is 1.45 bits per heavy atom. The van der Waals surface area contributed by atoms with Crippen LogP contribution in [0.3, 0.4) is 0 Å². The zero-order valence-corrected chi connectivity index (χ0v) is 13.8. The Morgan fingerprint density at radius 3 is 2.95 bits per heavy atom. The number of aromatic nitrogens is 2. The lowest BCUT2D eigenvalue weighted by Crippen LogP contribution is -2.25. The summed E-state index contributed by atoms with van der Waals surface area (Å²) < 4.78 is 6.10. The number of hydrogen-bond acceptors (Lipinski definition) is 4. The van der Waals surface area contributed by atoms with Gasteiger partial charge in [0.1, 0.15) is 0 Å². The highest BCUT2D eigenvalue weighted by Crippen LogP contribution is 2.27.